The Morgan fingerprint density at radius 2 is 1.76 bits per heavy atom. The minimum atomic E-state index is -0.323. The number of nitrogens with zero attached hydrogens (tertiary/aromatic N) is 3. The molecule has 0 saturated carbocycles. The topological polar surface area (TPSA) is 74.8 Å². The summed E-state index contributed by atoms with van der Waals surface area (Å²) in [7, 11) is 0. The lowest BCUT2D eigenvalue weighted by molar-refractivity contribution is -0.131. The molecule has 1 N–H and O–H groups in total. The fraction of sp³-hybridized carbons (Fsp3) is 0.233. The van der Waals surface area contributed by atoms with Gasteiger partial charge in [0.05, 0.1) is 10.4 Å². The summed E-state index contributed by atoms with van der Waals surface area (Å²) in [6.45, 7) is 5.25. The van der Waals surface area contributed by atoms with Gasteiger partial charge in [0.25, 0.3) is 5.91 Å². The number of anilines is 1. The third-order valence-corrected chi connectivity index (χ3v) is 7.34. The van der Waals surface area contributed by atoms with E-state index in [4.69, 9.17) is 4.74 Å². The Morgan fingerprint density at radius 3 is 2.61 bits per heavy atom. The van der Waals surface area contributed by atoms with Gasteiger partial charge in [0.15, 0.2) is 0 Å². The van der Waals surface area contributed by atoms with Crippen molar-refractivity contribution < 1.29 is 14.3 Å². The minimum Gasteiger partial charge on any atom is -0.427 e. The number of esters is 1. The first-order chi connectivity index (χ1) is 18.5. The van der Waals surface area contributed by atoms with E-state index in [9.17, 15) is 9.59 Å². The molecular weight excluding hydrogens is 496 g/mol. The van der Waals surface area contributed by atoms with E-state index in [0.717, 1.165) is 59.6 Å². The molecule has 38 heavy (non-hydrogen) atoms. The van der Waals surface area contributed by atoms with Gasteiger partial charge in [-0.05, 0) is 72.5 Å². The van der Waals surface area contributed by atoms with Gasteiger partial charge in [-0.3, -0.25) is 19.5 Å². The molecule has 1 aliphatic heterocycles. The van der Waals surface area contributed by atoms with Crippen molar-refractivity contribution in [1.82, 2.24) is 14.8 Å². The largest absolute Gasteiger partial charge is 0.427 e. The predicted octanol–water partition coefficient (Wildman–Crippen LogP) is 5.63. The molecule has 1 saturated heterocycles. The van der Waals surface area contributed by atoms with E-state index >= 15 is 0 Å². The second-order valence-corrected chi connectivity index (χ2v) is 10.1. The highest BCUT2D eigenvalue weighted by molar-refractivity contribution is 8.00. The van der Waals surface area contributed by atoms with Crippen LogP contribution >= 0.6 is 11.9 Å². The summed E-state index contributed by atoms with van der Waals surface area (Å²) >= 11 is 1.51. The minimum absolute atomic E-state index is 0.0566. The number of amides is 1. The second-order valence-electron chi connectivity index (χ2n) is 9.28. The highest BCUT2D eigenvalue weighted by atomic mass is 32.2. The zero-order valence-electron chi connectivity index (χ0n) is 21.3. The number of nitrogens with one attached hydrogen (secondary N) is 1. The van der Waals surface area contributed by atoms with Crippen LogP contribution < -0.4 is 9.46 Å². The van der Waals surface area contributed by atoms with Gasteiger partial charge in [-0.2, -0.15) is 0 Å². The van der Waals surface area contributed by atoms with Crippen LogP contribution in [0.15, 0.2) is 90.0 Å². The maximum atomic E-state index is 13.2. The Kier molecular flexibility index (Phi) is 8.21. The van der Waals surface area contributed by atoms with Crippen molar-refractivity contribution in [3.8, 4) is 5.75 Å². The first-order valence-electron chi connectivity index (χ1n) is 12.7. The van der Waals surface area contributed by atoms with E-state index < -0.39 is 0 Å². The Balaban J connectivity index is 1.15. The van der Waals surface area contributed by atoms with Crippen molar-refractivity contribution in [2.24, 2.45) is 0 Å². The molecule has 1 fully saturated rings. The van der Waals surface area contributed by atoms with Crippen molar-refractivity contribution in [3.05, 3.63) is 96.2 Å². The van der Waals surface area contributed by atoms with Crippen LogP contribution in [0.25, 0.3) is 10.9 Å². The smallest absolute Gasteiger partial charge is 0.308 e. The van der Waals surface area contributed by atoms with E-state index in [2.05, 4.69) is 26.7 Å². The van der Waals surface area contributed by atoms with Crippen LogP contribution in [0.2, 0.25) is 0 Å². The summed E-state index contributed by atoms with van der Waals surface area (Å²) in [4.78, 5) is 34.3. The molecule has 0 spiro atoms. The molecule has 4 aromatic rings. The van der Waals surface area contributed by atoms with Gasteiger partial charge in [-0.25, -0.2) is 0 Å². The van der Waals surface area contributed by atoms with E-state index in [0.29, 0.717) is 17.9 Å². The van der Waals surface area contributed by atoms with Crippen molar-refractivity contribution in [2.75, 3.05) is 30.9 Å². The first kappa shape index (κ1) is 25.8. The molecule has 0 bridgehead atoms. The Hall–Kier alpha value is -3.88. The van der Waals surface area contributed by atoms with Gasteiger partial charge < -0.3 is 14.4 Å². The third-order valence-electron chi connectivity index (χ3n) is 6.45. The Morgan fingerprint density at radius 1 is 0.947 bits per heavy atom. The molecule has 0 atom stereocenters. The number of aromatic nitrogens is 1. The number of ether oxygens (including phenoxy) is 1. The molecule has 2 heterocycles. The Labute approximate surface area is 226 Å². The van der Waals surface area contributed by atoms with Gasteiger partial charge in [-0.1, -0.05) is 30.3 Å². The average molecular weight is 527 g/mol. The van der Waals surface area contributed by atoms with Crippen molar-refractivity contribution in [1.29, 1.82) is 0 Å². The Bertz CT molecular complexity index is 1420. The van der Waals surface area contributed by atoms with Crippen LogP contribution in [0.3, 0.4) is 0 Å². The maximum Gasteiger partial charge on any atom is 0.308 e. The zero-order chi connectivity index (χ0) is 26.3. The van der Waals surface area contributed by atoms with E-state index in [1.54, 1.807) is 12.3 Å². The predicted molar refractivity (Wildman–Crippen MR) is 151 cm³/mol. The number of para-hydroxylation sites is 1. The third kappa shape index (κ3) is 6.51. The van der Waals surface area contributed by atoms with Crippen molar-refractivity contribution >= 4 is 40.4 Å². The molecule has 1 aliphatic rings. The lowest BCUT2D eigenvalue weighted by Crippen LogP contribution is -2.35. The molecule has 7 nitrogen and oxygen atoms in total. The lowest BCUT2D eigenvalue weighted by Gasteiger charge is -2.22. The van der Waals surface area contributed by atoms with E-state index in [1.807, 2.05) is 65.6 Å². The molecule has 0 radical (unpaired) electrons. The number of rotatable bonds is 7. The fourth-order valence-corrected chi connectivity index (χ4v) is 5.38. The van der Waals surface area contributed by atoms with Gasteiger partial charge in [-0.15, -0.1) is 0 Å². The zero-order valence-corrected chi connectivity index (χ0v) is 22.1. The van der Waals surface area contributed by atoms with Gasteiger partial charge in [0.1, 0.15) is 5.75 Å². The molecule has 8 heteroatoms. The number of carbonyl (C=O) groups is 2. The van der Waals surface area contributed by atoms with Crippen LogP contribution in [0.5, 0.6) is 5.75 Å². The quantitative estimate of drug-likeness (QED) is 0.190. The summed E-state index contributed by atoms with van der Waals surface area (Å²) in [5.41, 5.74) is 3.67. The molecule has 1 amide bonds. The number of pyridine rings is 1. The fourth-order valence-electron chi connectivity index (χ4n) is 4.60. The molecule has 0 unspecified atom stereocenters. The second kappa shape index (κ2) is 12.1. The molecule has 5 rings (SSSR count). The van der Waals surface area contributed by atoms with Gasteiger partial charge in [0, 0.05) is 62.5 Å². The van der Waals surface area contributed by atoms with Crippen LogP contribution in [0, 0.1) is 0 Å². The summed E-state index contributed by atoms with van der Waals surface area (Å²) in [5.74, 6) is 0.295. The maximum absolute atomic E-state index is 13.2. The molecule has 194 valence electrons. The van der Waals surface area contributed by atoms with E-state index in [-0.39, 0.29) is 11.9 Å². The summed E-state index contributed by atoms with van der Waals surface area (Å²) < 4.78 is 8.58. The normalized spacial score (nSPS) is 14.2. The lowest BCUT2D eigenvalue weighted by atomic mass is 10.2. The number of hydrogen-bond donors (Lipinski definition) is 1. The van der Waals surface area contributed by atoms with Gasteiger partial charge >= 0.3 is 5.97 Å². The van der Waals surface area contributed by atoms with Crippen LogP contribution in [-0.2, 0) is 11.3 Å². The van der Waals surface area contributed by atoms with Crippen molar-refractivity contribution in [2.45, 2.75) is 24.8 Å². The van der Waals surface area contributed by atoms with Crippen LogP contribution in [0.1, 0.15) is 29.3 Å². The average Bonchev–Trinajstić information content (AvgIpc) is 3.17. The number of hydrogen-bond acceptors (Lipinski definition) is 7. The SMILES string of the molecule is CC(=O)Oc1cccc(CN2CCCN(C(=O)c3ccc(NSc4cccc5cccnc45)cc3)CC2)c1. The number of carbonyl (C=O) groups excluding carboxylic acids is 2. The standard InChI is InChI=1S/C30H30N4O3S/c1-22(35)37-27-9-2-6-23(20-27)21-33-16-5-17-34(19-18-33)30(36)25-11-13-26(14-12-25)32-38-28-10-3-7-24-8-4-15-31-29(24)28/h2-4,6-15,20,32H,5,16-19,21H2,1H3. The van der Waals surface area contributed by atoms with Gasteiger partial charge in [0.2, 0.25) is 0 Å². The number of fused-ring (bicyclic) bond motifs is 1. The molecular formula is C30H30N4O3S. The molecule has 3 aromatic carbocycles. The summed E-state index contributed by atoms with van der Waals surface area (Å²) in [6, 6.07) is 25.4. The summed E-state index contributed by atoms with van der Waals surface area (Å²) in [5, 5.41) is 1.10. The van der Waals surface area contributed by atoms with E-state index in [1.165, 1.54) is 18.9 Å². The highest BCUT2D eigenvalue weighted by Gasteiger charge is 2.20. The summed E-state index contributed by atoms with van der Waals surface area (Å²) in [6.07, 6.45) is 2.71. The monoisotopic (exact) mass is 526 g/mol. The molecule has 0 aliphatic carbocycles. The first-order valence-corrected chi connectivity index (χ1v) is 13.5. The van der Waals surface area contributed by atoms with Crippen molar-refractivity contribution in [3.63, 3.8) is 0 Å². The van der Waals surface area contributed by atoms with Crippen LogP contribution in [0.4, 0.5) is 5.69 Å². The van der Waals surface area contributed by atoms with Crippen LogP contribution in [-0.4, -0.2) is 52.8 Å². The number of benzene rings is 3. The highest BCUT2D eigenvalue weighted by Crippen LogP contribution is 2.27. The molecule has 1 aromatic heterocycles.